The molecule has 4 aromatic rings. The zero-order valence-electron chi connectivity index (χ0n) is 13.4. The maximum Gasteiger partial charge on any atom is 0.273 e. The summed E-state index contributed by atoms with van der Waals surface area (Å²) in [7, 11) is 0. The summed E-state index contributed by atoms with van der Waals surface area (Å²) >= 11 is 4.89. The first kappa shape index (κ1) is 16.1. The normalized spacial score (nSPS) is 11.0. The summed E-state index contributed by atoms with van der Waals surface area (Å²) in [5, 5.41) is 4.81. The number of fused-ring (bicyclic) bond motifs is 1. The topological polar surface area (TPSA) is 46.4 Å². The summed E-state index contributed by atoms with van der Waals surface area (Å²) in [4.78, 5) is 18.1. The number of benzene rings is 2. The summed E-state index contributed by atoms with van der Waals surface area (Å²) < 4.78 is 2.83. The molecule has 0 saturated heterocycles. The van der Waals surface area contributed by atoms with Crippen molar-refractivity contribution >= 4 is 43.8 Å². The smallest absolute Gasteiger partial charge is 0.273 e. The minimum absolute atomic E-state index is 0.145. The number of nitrogens with one attached hydrogen (secondary N) is 1. The second kappa shape index (κ2) is 6.46. The van der Waals surface area contributed by atoms with Crippen molar-refractivity contribution in [3.63, 3.8) is 0 Å². The van der Waals surface area contributed by atoms with Gasteiger partial charge in [-0.3, -0.25) is 9.20 Å². The first-order valence-corrected chi connectivity index (χ1v) is 9.38. The van der Waals surface area contributed by atoms with Crippen LogP contribution < -0.4 is 5.32 Å². The first-order valence-electron chi connectivity index (χ1n) is 7.71. The molecule has 1 amide bonds. The molecule has 6 heteroatoms. The summed E-state index contributed by atoms with van der Waals surface area (Å²) in [5.41, 5.74) is 4.28. The number of hydrogen-bond acceptors (Lipinski definition) is 3. The molecule has 0 spiro atoms. The number of amides is 1. The van der Waals surface area contributed by atoms with Crippen LogP contribution in [0.4, 0.5) is 5.69 Å². The largest absolute Gasteiger partial charge is 0.320 e. The fraction of sp³-hybridized carbons (Fsp3) is 0.0526. The van der Waals surface area contributed by atoms with Gasteiger partial charge in [0, 0.05) is 27.3 Å². The van der Waals surface area contributed by atoms with E-state index in [1.54, 1.807) is 0 Å². The number of carbonyl (C=O) groups is 1. The van der Waals surface area contributed by atoms with Gasteiger partial charge in [0.1, 0.15) is 5.69 Å². The van der Waals surface area contributed by atoms with Gasteiger partial charge in [-0.15, -0.1) is 11.3 Å². The van der Waals surface area contributed by atoms with E-state index in [1.807, 2.05) is 71.4 Å². The predicted octanol–water partition coefficient (Wildman–Crippen LogP) is 5.39. The van der Waals surface area contributed by atoms with E-state index in [4.69, 9.17) is 0 Å². The van der Waals surface area contributed by atoms with E-state index >= 15 is 0 Å². The lowest BCUT2D eigenvalue weighted by Crippen LogP contribution is -2.14. The lowest BCUT2D eigenvalue weighted by Gasteiger charge is -2.08. The molecule has 0 unspecified atom stereocenters. The van der Waals surface area contributed by atoms with E-state index in [9.17, 15) is 4.79 Å². The molecule has 2 aromatic heterocycles. The van der Waals surface area contributed by atoms with Gasteiger partial charge in [-0.2, -0.15) is 0 Å². The van der Waals surface area contributed by atoms with Gasteiger partial charge in [0.05, 0.1) is 5.69 Å². The summed E-state index contributed by atoms with van der Waals surface area (Å²) in [5.74, 6) is -0.145. The zero-order chi connectivity index (χ0) is 17.4. The summed E-state index contributed by atoms with van der Waals surface area (Å²) in [6.07, 6.45) is 1.91. The van der Waals surface area contributed by atoms with E-state index in [0.29, 0.717) is 5.69 Å². The molecule has 0 aliphatic rings. The number of imidazole rings is 1. The van der Waals surface area contributed by atoms with Crippen LogP contribution in [0.3, 0.4) is 0 Å². The van der Waals surface area contributed by atoms with Gasteiger partial charge in [-0.1, -0.05) is 46.3 Å². The quantitative estimate of drug-likeness (QED) is 0.491. The highest BCUT2D eigenvalue weighted by Gasteiger charge is 2.16. The number of aromatic nitrogens is 2. The Hall–Kier alpha value is -2.44. The van der Waals surface area contributed by atoms with Crippen molar-refractivity contribution in [1.82, 2.24) is 9.38 Å². The SMILES string of the molecule is Cc1cc(Br)ccc1NC(=O)c1csc2nc(-c3ccccc3)cn12. The maximum atomic E-state index is 12.7. The molecule has 0 aliphatic carbocycles. The van der Waals surface area contributed by atoms with Crippen LogP contribution in [0.2, 0.25) is 0 Å². The van der Waals surface area contributed by atoms with Crippen LogP contribution in [0.5, 0.6) is 0 Å². The van der Waals surface area contributed by atoms with Gasteiger partial charge in [-0.05, 0) is 30.7 Å². The van der Waals surface area contributed by atoms with E-state index in [2.05, 4.69) is 26.2 Å². The summed E-state index contributed by atoms with van der Waals surface area (Å²) in [6.45, 7) is 1.97. The molecular weight excluding hydrogens is 398 g/mol. The molecule has 0 bridgehead atoms. The Balaban J connectivity index is 1.67. The minimum atomic E-state index is -0.145. The number of nitrogens with zero attached hydrogens (tertiary/aromatic N) is 2. The number of halogens is 1. The highest BCUT2D eigenvalue weighted by Crippen LogP contribution is 2.25. The van der Waals surface area contributed by atoms with Crippen molar-refractivity contribution in [2.24, 2.45) is 0 Å². The highest BCUT2D eigenvalue weighted by atomic mass is 79.9. The second-order valence-corrected chi connectivity index (χ2v) is 7.43. The van der Waals surface area contributed by atoms with Crippen molar-refractivity contribution in [2.45, 2.75) is 6.92 Å². The van der Waals surface area contributed by atoms with Crippen molar-refractivity contribution in [2.75, 3.05) is 5.32 Å². The van der Waals surface area contributed by atoms with Gasteiger partial charge >= 0.3 is 0 Å². The Morgan fingerprint density at radius 2 is 2.00 bits per heavy atom. The Kier molecular flexibility index (Phi) is 4.15. The fourth-order valence-corrected chi connectivity index (χ4v) is 3.98. The Morgan fingerprint density at radius 3 is 2.76 bits per heavy atom. The molecule has 4 nitrogen and oxygen atoms in total. The number of rotatable bonds is 3. The van der Waals surface area contributed by atoms with E-state index < -0.39 is 0 Å². The molecule has 2 aromatic carbocycles. The predicted molar refractivity (Wildman–Crippen MR) is 105 cm³/mol. The monoisotopic (exact) mass is 411 g/mol. The van der Waals surface area contributed by atoms with Gasteiger partial charge in [0.2, 0.25) is 0 Å². The van der Waals surface area contributed by atoms with Crippen LogP contribution in [0.1, 0.15) is 16.1 Å². The van der Waals surface area contributed by atoms with Crippen LogP contribution in [-0.2, 0) is 0 Å². The number of aryl methyl sites for hydroxylation is 1. The van der Waals surface area contributed by atoms with Gasteiger partial charge < -0.3 is 5.32 Å². The molecule has 124 valence electrons. The van der Waals surface area contributed by atoms with Gasteiger partial charge in [0.15, 0.2) is 4.96 Å². The number of carbonyl (C=O) groups excluding carboxylic acids is 1. The van der Waals surface area contributed by atoms with Gasteiger partial charge in [0.25, 0.3) is 5.91 Å². The Labute approximate surface area is 157 Å². The molecule has 2 heterocycles. The van der Waals surface area contributed by atoms with E-state index in [0.717, 1.165) is 31.9 Å². The zero-order valence-corrected chi connectivity index (χ0v) is 15.8. The number of anilines is 1. The Bertz CT molecular complexity index is 1070. The lowest BCUT2D eigenvalue weighted by molar-refractivity contribution is 0.102. The maximum absolute atomic E-state index is 12.7. The molecule has 0 fully saturated rings. The third-order valence-electron chi connectivity index (χ3n) is 3.95. The molecule has 0 radical (unpaired) electrons. The average molecular weight is 412 g/mol. The Morgan fingerprint density at radius 1 is 1.20 bits per heavy atom. The third-order valence-corrected chi connectivity index (χ3v) is 5.28. The molecule has 0 aliphatic heterocycles. The van der Waals surface area contributed by atoms with Crippen LogP contribution >= 0.6 is 27.3 Å². The number of thiazole rings is 1. The molecule has 1 N–H and O–H groups in total. The molecule has 25 heavy (non-hydrogen) atoms. The van der Waals surface area contributed by atoms with Crippen LogP contribution in [0, 0.1) is 6.92 Å². The van der Waals surface area contributed by atoms with E-state index in [-0.39, 0.29) is 5.91 Å². The fourth-order valence-electron chi connectivity index (χ4n) is 2.65. The van der Waals surface area contributed by atoms with Crippen molar-refractivity contribution in [3.05, 3.63) is 75.8 Å². The third kappa shape index (κ3) is 3.10. The number of hydrogen-bond donors (Lipinski definition) is 1. The van der Waals surface area contributed by atoms with Crippen LogP contribution in [0.15, 0.2) is 64.6 Å². The minimum Gasteiger partial charge on any atom is -0.320 e. The molecule has 0 atom stereocenters. The highest BCUT2D eigenvalue weighted by molar-refractivity contribution is 9.10. The molecular formula is C19H14BrN3OS. The van der Waals surface area contributed by atoms with Gasteiger partial charge in [-0.25, -0.2) is 4.98 Å². The van der Waals surface area contributed by atoms with Crippen molar-refractivity contribution in [1.29, 1.82) is 0 Å². The van der Waals surface area contributed by atoms with E-state index in [1.165, 1.54) is 11.3 Å². The standard InChI is InChI=1S/C19H14BrN3OS/c1-12-9-14(20)7-8-15(12)21-18(24)17-11-25-19-22-16(10-23(17)19)13-5-3-2-4-6-13/h2-11H,1H3,(H,21,24). The molecule has 0 saturated carbocycles. The van der Waals surface area contributed by atoms with Crippen molar-refractivity contribution in [3.8, 4) is 11.3 Å². The first-order chi connectivity index (χ1) is 12.1. The molecule has 4 rings (SSSR count). The van der Waals surface area contributed by atoms with Crippen LogP contribution in [0.25, 0.3) is 16.2 Å². The van der Waals surface area contributed by atoms with Crippen LogP contribution in [-0.4, -0.2) is 15.3 Å². The average Bonchev–Trinajstić information content (AvgIpc) is 3.18. The second-order valence-electron chi connectivity index (χ2n) is 5.68. The van der Waals surface area contributed by atoms with Crippen molar-refractivity contribution < 1.29 is 4.79 Å². The lowest BCUT2D eigenvalue weighted by atomic mass is 10.2. The summed E-state index contributed by atoms with van der Waals surface area (Å²) in [6, 6.07) is 15.7.